The van der Waals surface area contributed by atoms with Gasteiger partial charge in [0.05, 0.1) is 5.75 Å². The Bertz CT molecular complexity index is 437. The van der Waals surface area contributed by atoms with Gasteiger partial charge in [-0.1, -0.05) is 13.0 Å². The normalized spacial score (nSPS) is 13.4. The number of nitrogens with one attached hydrogen (secondary N) is 1. The Kier molecular flexibility index (Phi) is 6.60. The quantitative estimate of drug-likeness (QED) is 0.745. The Hall–Kier alpha value is -0.650. The smallest absolute Gasteiger partial charge is 0.212 e. The van der Waals surface area contributed by atoms with Crippen molar-refractivity contribution in [2.24, 2.45) is 0 Å². The molecule has 18 heavy (non-hydrogen) atoms. The lowest BCUT2D eigenvalue weighted by molar-refractivity contribution is 0.531. The molecule has 1 aromatic heterocycles. The largest absolute Gasteiger partial charge is 0.261 e. The first-order valence-electron chi connectivity index (χ1n) is 6.03. The fourth-order valence-corrected chi connectivity index (χ4v) is 3.23. The fourth-order valence-electron chi connectivity index (χ4n) is 1.58. The summed E-state index contributed by atoms with van der Waals surface area (Å²) in [5.41, 5.74) is 0.785. The minimum atomic E-state index is -3.26. The van der Waals surface area contributed by atoms with E-state index in [1.165, 1.54) is 0 Å². The molecule has 0 saturated carbocycles. The Morgan fingerprint density at radius 3 is 2.78 bits per heavy atom. The average molecular weight is 291 g/mol. The van der Waals surface area contributed by atoms with Crippen molar-refractivity contribution in [3.05, 3.63) is 30.1 Å². The average Bonchev–Trinajstić information content (AvgIpc) is 2.37. The van der Waals surface area contributed by atoms with Gasteiger partial charge >= 0.3 is 0 Å². The molecule has 1 heterocycles. The van der Waals surface area contributed by atoms with Gasteiger partial charge in [-0.05, 0) is 25.0 Å². The van der Waals surface area contributed by atoms with Crippen LogP contribution in [0.2, 0.25) is 0 Å². The van der Waals surface area contributed by atoms with Crippen molar-refractivity contribution in [2.45, 2.75) is 32.2 Å². The lowest BCUT2D eigenvalue weighted by Crippen LogP contribution is -2.36. The molecule has 0 amide bonds. The van der Waals surface area contributed by atoms with Gasteiger partial charge in [0, 0.05) is 30.2 Å². The summed E-state index contributed by atoms with van der Waals surface area (Å²) in [5, 5.41) is 0. The third-order valence-electron chi connectivity index (χ3n) is 2.65. The highest BCUT2D eigenvalue weighted by Crippen LogP contribution is 2.04. The van der Waals surface area contributed by atoms with Crippen LogP contribution in [0.3, 0.4) is 0 Å². The van der Waals surface area contributed by atoms with E-state index in [-0.39, 0.29) is 11.8 Å². The van der Waals surface area contributed by atoms with Crippen molar-refractivity contribution in [3.8, 4) is 0 Å². The van der Waals surface area contributed by atoms with E-state index in [4.69, 9.17) is 11.6 Å². The number of aryl methyl sites for hydroxylation is 1. The van der Waals surface area contributed by atoms with E-state index in [0.29, 0.717) is 18.7 Å². The zero-order chi connectivity index (χ0) is 13.4. The highest BCUT2D eigenvalue weighted by atomic mass is 35.5. The van der Waals surface area contributed by atoms with E-state index in [1.807, 2.05) is 25.1 Å². The van der Waals surface area contributed by atoms with Gasteiger partial charge < -0.3 is 0 Å². The maximum Gasteiger partial charge on any atom is 0.212 e. The maximum absolute atomic E-state index is 11.9. The van der Waals surface area contributed by atoms with E-state index >= 15 is 0 Å². The molecule has 0 fully saturated rings. The summed E-state index contributed by atoms with van der Waals surface area (Å²) in [4.78, 5) is 4.10. The second-order valence-corrected chi connectivity index (χ2v) is 6.34. The lowest BCUT2D eigenvalue weighted by Gasteiger charge is -2.15. The third-order valence-corrected chi connectivity index (χ3v) is 4.30. The highest BCUT2D eigenvalue weighted by Gasteiger charge is 2.16. The Morgan fingerprint density at radius 2 is 2.22 bits per heavy atom. The van der Waals surface area contributed by atoms with Crippen LogP contribution in [0.4, 0.5) is 0 Å². The van der Waals surface area contributed by atoms with E-state index in [1.54, 1.807) is 6.20 Å². The number of aromatic nitrogens is 1. The van der Waals surface area contributed by atoms with E-state index in [2.05, 4.69) is 9.71 Å². The van der Waals surface area contributed by atoms with Gasteiger partial charge in [0.25, 0.3) is 0 Å². The fraction of sp³-hybridized carbons (Fsp3) is 0.583. The van der Waals surface area contributed by atoms with E-state index in [9.17, 15) is 8.42 Å². The van der Waals surface area contributed by atoms with E-state index < -0.39 is 10.0 Å². The molecule has 0 aliphatic carbocycles. The van der Waals surface area contributed by atoms with Gasteiger partial charge in [0.2, 0.25) is 10.0 Å². The summed E-state index contributed by atoms with van der Waals surface area (Å²) < 4.78 is 26.4. The molecule has 0 saturated heterocycles. The highest BCUT2D eigenvalue weighted by molar-refractivity contribution is 7.89. The van der Waals surface area contributed by atoms with Gasteiger partial charge in [-0.2, -0.15) is 0 Å². The molecule has 1 aromatic rings. The van der Waals surface area contributed by atoms with Crippen LogP contribution in [0, 0.1) is 0 Å². The molecule has 0 radical (unpaired) electrons. The molecular formula is C12H19ClN2O2S. The molecule has 0 aliphatic heterocycles. The summed E-state index contributed by atoms with van der Waals surface area (Å²) in [7, 11) is -3.26. The van der Waals surface area contributed by atoms with Crippen LogP contribution in [0.1, 0.15) is 25.5 Å². The van der Waals surface area contributed by atoms with Crippen LogP contribution < -0.4 is 4.72 Å². The van der Waals surface area contributed by atoms with Crippen LogP contribution in [-0.4, -0.2) is 31.1 Å². The number of nitrogens with zero attached hydrogens (tertiary/aromatic N) is 1. The monoisotopic (exact) mass is 290 g/mol. The van der Waals surface area contributed by atoms with Gasteiger partial charge in [0.1, 0.15) is 0 Å². The molecule has 4 nitrogen and oxygen atoms in total. The summed E-state index contributed by atoms with van der Waals surface area (Å²) in [6.45, 7) is 1.94. The van der Waals surface area contributed by atoms with Crippen LogP contribution in [-0.2, 0) is 16.4 Å². The van der Waals surface area contributed by atoms with Crippen molar-refractivity contribution in [1.29, 1.82) is 0 Å². The zero-order valence-electron chi connectivity index (χ0n) is 10.5. The van der Waals surface area contributed by atoms with Crippen LogP contribution in [0.5, 0.6) is 0 Å². The number of hydrogen-bond donors (Lipinski definition) is 1. The zero-order valence-corrected chi connectivity index (χ0v) is 12.0. The van der Waals surface area contributed by atoms with Crippen molar-refractivity contribution in [1.82, 2.24) is 9.71 Å². The van der Waals surface area contributed by atoms with Crippen molar-refractivity contribution >= 4 is 21.6 Å². The number of rotatable bonds is 8. The van der Waals surface area contributed by atoms with Gasteiger partial charge in [-0.3, -0.25) is 4.98 Å². The van der Waals surface area contributed by atoms with Gasteiger partial charge in [-0.25, -0.2) is 13.1 Å². The first-order valence-corrected chi connectivity index (χ1v) is 8.22. The molecule has 1 unspecified atom stereocenters. The van der Waals surface area contributed by atoms with Crippen LogP contribution >= 0.6 is 11.6 Å². The second kappa shape index (κ2) is 7.71. The molecule has 1 atom stereocenters. The molecule has 1 rings (SSSR count). The van der Waals surface area contributed by atoms with Crippen LogP contribution in [0.15, 0.2) is 24.4 Å². The molecule has 6 heteroatoms. The van der Waals surface area contributed by atoms with E-state index in [0.717, 1.165) is 12.1 Å². The molecule has 0 spiro atoms. The summed E-state index contributed by atoms with van der Waals surface area (Å²) in [6, 6.07) is 5.41. The van der Waals surface area contributed by atoms with Crippen molar-refractivity contribution in [3.63, 3.8) is 0 Å². The number of halogens is 1. The first-order chi connectivity index (χ1) is 8.57. The number of sulfonamides is 1. The molecule has 0 aliphatic rings. The summed E-state index contributed by atoms with van der Waals surface area (Å²) in [5.74, 6) is 0.518. The number of alkyl halides is 1. The lowest BCUT2D eigenvalue weighted by atomic mass is 10.2. The predicted octanol–water partition coefficient (Wildman–Crippen LogP) is 1.95. The Morgan fingerprint density at radius 1 is 1.44 bits per heavy atom. The standard InChI is InChI=1S/C12H19ClN2O2S/c1-2-11(6-8-13)15-18(16,17)10-7-12-5-3-4-9-14-12/h3-5,9,11,15H,2,6-8,10H2,1H3. The number of pyridine rings is 1. The molecular weight excluding hydrogens is 272 g/mol. The maximum atomic E-state index is 11.9. The minimum Gasteiger partial charge on any atom is -0.261 e. The molecule has 0 aromatic carbocycles. The molecule has 1 N–H and O–H groups in total. The summed E-state index contributed by atoms with van der Waals surface area (Å²) in [6.07, 6.45) is 3.49. The molecule has 102 valence electrons. The Balaban J connectivity index is 2.49. The first kappa shape index (κ1) is 15.4. The van der Waals surface area contributed by atoms with Crippen molar-refractivity contribution in [2.75, 3.05) is 11.6 Å². The third kappa shape index (κ3) is 5.80. The minimum absolute atomic E-state index is 0.0583. The SMILES string of the molecule is CCC(CCCl)NS(=O)(=O)CCc1ccccn1. The van der Waals surface area contributed by atoms with Crippen molar-refractivity contribution < 1.29 is 8.42 Å². The predicted molar refractivity (Wildman–Crippen MR) is 74.3 cm³/mol. The second-order valence-electron chi connectivity index (χ2n) is 4.09. The topological polar surface area (TPSA) is 59.1 Å². The van der Waals surface area contributed by atoms with Gasteiger partial charge in [0.15, 0.2) is 0 Å². The van der Waals surface area contributed by atoms with Crippen LogP contribution in [0.25, 0.3) is 0 Å². The summed E-state index contributed by atoms with van der Waals surface area (Å²) >= 11 is 5.63. The molecule has 0 bridgehead atoms. The number of hydrogen-bond acceptors (Lipinski definition) is 3. The van der Waals surface area contributed by atoms with Gasteiger partial charge in [-0.15, -0.1) is 11.6 Å². The Labute approximate surface area is 114 Å².